The van der Waals surface area contributed by atoms with Gasteiger partial charge < -0.3 is 10.1 Å². The van der Waals surface area contributed by atoms with Crippen LogP contribution in [0, 0.1) is 0 Å². The first-order valence-electron chi connectivity index (χ1n) is 6.69. The minimum absolute atomic E-state index is 0.265. The van der Waals surface area contributed by atoms with E-state index in [1.54, 1.807) is 6.07 Å². The van der Waals surface area contributed by atoms with E-state index < -0.39 is 18.7 Å². The number of fused-ring (bicyclic) bond motifs is 1. The van der Waals surface area contributed by atoms with Crippen molar-refractivity contribution in [1.29, 1.82) is 0 Å². The molecule has 7 nitrogen and oxygen atoms in total. The molecule has 0 bridgehead atoms. The number of hydrogen-bond donors (Lipinski definition) is 1. The average molecular weight is 337 g/mol. The summed E-state index contributed by atoms with van der Waals surface area (Å²) in [5, 5.41) is 6.52. The van der Waals surface area contributed by atoms with Gasteiger partial charge in [-0.05, 0) is 18.2 Å². The van der Waals surface area contributed by atoms with Crippen LogP contribution in [-0.2, 0) is 0 Å². The lowest BCUT2D eigenvalue weighted by Gasteiger charge is -2.12. The van der Waals surface area contributed by atoms with Gasteiger partial charge >= 0.3 is 6.18 Å². The third-order valence-electron chi connectivity index (χ3n) is 2.91. The molecule has 3 heterocycles. The summed E-state index contributed by atoms with van der Waals surface area (Å²) in [6.45, 7) is -1.52. The summed E-state index contributed by atoms with van der Waals surface area (Å²) in [6, 6.07) is 5.75. The van der Waals surface area contributed by atoms with Gasteiger partial charge in [0, 0.05) is 18.5 Å². The number of ether oxygens (including phenoxy) is 1. The van der Waals surface area contributed by atoms with Gasteiger partial charge in [-0.2, -0.15) is 22.8 Å². The molecule has 0 spiro atoms. The van der Waals surface area contributed by atoms with Crippen molar-refractivity contribution >= 4 is 17.4 Å². The Morgan fingerprint density at radius 2 is 2.00 bits per heavy atom. The molecular formula is C14H10F3N5O2. The minimum Gasteiger partial charge on any atom is -0.482 e. The number of alkyl halides is 3. The Labute approximate surface area is 133 Å². The SMILES string of the molecule is O=C(Nc1ccnc2ccnn12)c1ncccc1OCC(F)(F)F. The highest BCUT2D eigenvalue weighted by atomic mass is 19.4. The monoisotopic (exact) mass is 337 g/mol. The van der Waals surface area contributed by atoms with E-state index in [-0.39, 0.29) is 11.4 Å². The molecule has 1 amide bonds. The van der Waals surface area contributed by atoms with Gasteiger partial charge in [-0.25, -0.2) is 9.97 Å². The van der Waals surface area contributed by atoms with E-state index in [1.807, 2.05) is 0 Å². The molecule has 3 aromatic rings. The van der Waals surface area contributed by atoms with Crippen LogP contribution in [-0.4, -0.2) is 38.3 Å². The first-order valence-corrected chi connectivity index (χ1v) is 6.69. The number of carbonyl (C=O) groups excluding carboxylic acids is 1. The van der Waals surface area contributed by atoms with Gasteiger partial charge in [-0.3, -0.25) is 4.79 Å². The predicted octanol–water partition coefficient (Wildman–Crippen LogP) is 2.32. The highest BCUT2D eigenvalue weighted by Crippen LogP contribution is 2.21. The maximum absolute atomic E-state index is 12.3. The zero-order valence-corrected chi connectivity index (χ0v) is 12.0. The van der Waals surface area contributed by atoms with Crippen LogP contribution in [0.1, 0.15) is 10.5 Å². The number of nitrogens with zero attached hydrogens (tertiary/aromatic N) is 4. The Morgan fingerprint density at radius 1 is 1.17 bits per heavy atom. The molecule has 1 N–H and O–H groups in total. The van der Waals surface area contributed by atoms with E-state index in [1.165, 1.54) is 41.3 Å². The lowest BCUT2D eigenvalue weighted by atomic mass is 10.3. The highest BCUT2D eigenvalue weighted by molar-refractivity contribution is 6.04. The summed E-state index contributed by atoms with van der Waals surface area (Å²) in [5.74, 6) is -0.698. The standard InChI is InChI=1S/C14H10F3N5O2/c15-14(16,17)8-24-9-2-1-5-19-12(9)13(23)21-11-3-6-18-10-4-7-20-22(10)11/h1-7H,8H2,(H,21,23). The molecule has 124 valence electrons. The van der Waals surface area contributed by atoms with Crippen LogP contribution in [0.3, 0.4) is 0 Å². The van der Waals surface area contributed by atoms with Crippen molar-refractivity contribution in [3.8, 4) is 5.75 Å². The second kappa shape index (κ2) is 6.14. The van der Waals surface area contributed by atoms with E-state index in [9.17, 15) is 18.0 Å². The summed E-state index contributed by atoms with van der Waals surface area (Å²) >= 11 is 0. The number of aromatic nitrogens is 4. The molecule has 0 aliphatic carbocycles. The van der Waals surface area contributed by atoms with Crippen LogP contribution in [0.15, 0.2) is 42.9 Å². The zero-order chi connectivity index (χ0) is 17.2. The van der Waals surface area contributed by atoms with E-state index in [4.69, 9.17) is 0 Å². The topological polar surface area (TPSA) is 81.4 Å². The number of nitrogens with one attached hydrogen (secondary N) is 1. The van der Waals surface area contributed by atoms with Gasteiger partial charge in [0.1, 0.15) is 5.82 Å². The van der Waals surface area contributed by atoms with Crippen molar-refractivity contribution in [2.24, 2.45) is 0 Å². The number of pyridine rings is 1. The largest absolute Gasteiger partial charge is 0.482 e. The van der Waals surface area contributed by atoms with Crippen LogP contribution in [0.5, 0.6) is 5.75 Å². The van der Waals surface area contributed by atoms with Crippen molar-refractivity contribution in [2.45, 2.75) is 6.18 Å². The molecule has 0 atom stereocenters. The summed E-state index contributed by atoms with van der Waals surface area (Å²) < 4.78 is 42.9. The molecule has 0 radical (unpaired) electrons. The molecule has 0 aliphatic heterocycles. The molecule has 3 rings (SSSR count). The first-order chi connectivity index (χ1) is 11.4. The normalized spacial score (nSPS) is 11.5. The summed E-state index contributed by atoms with van der Waals surface area (Å²) in [4.78, 5) is 20.2. The second-order valence-electron chi connectivity index (χ2n) is 4.64. The number of anilines is 1. The van der Waals surface area contributed by atoms with E-state index in [0.29, 0.717) is 11.5 Å². The summed E-state index contributed by atoms with van der Waals surface area (Å²) in [6.07, 6.45) is -0.274. The predicted molar refractivity (Wildman–Crippen MR) is 76.7 cm³/mol. The smallest absolute Gasteiger partial charge is 0.422 e. The van der Waals surface area contributed by atoms with Crippen LogP contribution >= 0.6 is 0 Å². The third-order valence-corrected chi connectivity index (χ3v) is 2.91. The first kappa shape index (κ1) is 15.7. The maximum Gasteiger partial charge on any atom is 0.422 e. The summed E-state index contributed by atoms with van der Waals surface area (Å²) in [7, 11) is 0. The van der Waals surface area contributed by atoms with Crippen LogP contribution in [0.25, 0.3) is 5.65 Å². The number of halogens is 3. The number of rotatable bonds is 4. The number of amides is 1. The van der Waals surface area contributed by atoms with E-state index in [2.05, 4.69) is 25.1 Å². The minimum atomic E-state index is -4.52. The Morgan fingerprint density at radius 3 is 2.79 bits per heavy atom. The van der Waals surface area contributed by atoms with Crippen LogP contribution < -0.4 is 10.1 Å². The fraction of sp³-hybridized carbons (Fsp3) is 0.143. The quantitative estimate of drug-likeness (QED) is 0.790. The van der Waals surface area contributed by atoms with Gasteiger partial charge in [0.2, 0.25) is 0 Å². The van der Waals surface area contributed by atoms with Crippen molar-refractivity contribution in [1.82, 2.24) is 19.6 Å². The second-order valence-corrected chi connectivity index (χ2v) is 4.64. The Balaban J connectivity index is 1.84. The maximum atomic E-state index is 12.3. The Hall–Kier alpha value is -3.17. The third kappa shape index (κ3) is 3.42. The Bertz CT molecular complexity index is 878. The molecule has 0 aromatic carbocycles. The molecule has 24 heavy (non-hydrogen) atoms. The number of carbonyl (C=O) groups is 1. The van der Waals surface area contributed by atoms with Gasteiger partial charge in [-0.15, -0.1) is 0 Å². The molecule has 0 fully saturated rings. The van der Waals surface area contributed by atoms with Gasteiger partial charge in [0.25, 0.3) is 5.91 Å². The molecule has 0 aliphatic rings. The lowest BCUT2D eigenvalue weighted by molar-refractivity contribution is -0.153. The van der Waals surface area contributed by atoms with Crippen LogP contribution in [0.2, 0.25) is 0 Å². The summed E-state index contributed by atoms with van der Waals surface area (Å²) in [5.41, 5.74) is 0.237. The number of hydrogen-bond acceptors (Lipinski definition) is 5. The van der Waals surface area contributed by atoms with Crippen molar-refractivity contribution < 1.29 is 22.7 Å². The molecule has 10 heteroatoms. The fourth-order valence-electron chi connectivity index (χ4n) is 1.94. The molecule has 0 saturated carbocycles. The molecule has 3 aromatic heterocycles. The van der Waals surface area contributed by atoms with Gasteiger partial charge in [-0.1, -0.05) is 0 Å². The van der Waals surface area contributed by atoms with E-state index in [0.717, 1.165) is 0 Å². The molecule has 0 saturated heterocycles. The fourth-order valence-corrected chi connectivity index (χ4v) is 1.94. The van der Waals surface area contributed by atoms with Crippen LogP contribution in [0.4, 0.5) is 19.0 Å². The lowest BCUT2D eigenvalue weighted by Crippen LogP contribution is -2.22. The Kier molecular flexibility index (Phi) is 4.02. The molecular weight excluding hydrogens is 327 g/mol. The van der Waals surface area contributed by atoms with Crippen molar-refractivity contribution in [2.75, 3.05) is 11.9 Å². The van der Waals surface area contributed by atoms with Crippen molar-refractivity contribution in [3.05, 3.63) is 48.5 Å². The average Bonchev–Trinajstić information content (AvgIpc) is 3.02. The van der Waals surface area contributed by atoms with Crippen molar-refractivity contribution in [3.63, 3.8) is 0 Å². The van der Waals surface area contributed by atoms with E-state index >= 15 is 0 Å². The van der Waals surface area contributed by atoms with Gasteiger partial charge in [0.15, 0.2) is 23.7 Å². The molecule has 0 unspecified atom stereocenters. The van der Waals surface area contributed by atoms with Gasteiger partial charge in [0.05, 0.1) is 6.20 Å². The zero-order valence-electron chi connectivity index (χ0n) is 12.0. The highest BCUT2D eigenvalue weighted by Gasteiger charge is 2.29.